The number of thiophene rings is 1. The molecule has 0 aliphatic carbocycles. The number of aromatic nitrogens is 4. The molecule has 0 spiro atoms. The van der Waals surface area contributed by atoms with Gasteiger partial charge in [0.25, 0.3) is 0 Å². The van der Waals surface area contributed by atoms with Crippen LogP contribution in [0.3, 0.4) is 0 Å². The van der Waals surface area contributed by atoms with Gasteiger partial charge in [-0.1, -0.05) is 181 Å². The maximum absolute atomic E-state index is 8.55. The second kappa shape index (κ2) is 22.0. The number of hydrogen-bond donors (Lipinski definition) is 0. The summed E-state index contributed by atoms with van der Waals surface area (Å²) in [6.45, 7) is 18.1. The Balaban J connectivity index is 0.000000216. The van der Waals surface area contributed by atoms with Gasteiger partial charge in [-0.2, -0.15) is 11.3 Å². The Morgan fingerprint density at radius 2 is 1.04 bits per heavy atom. The van der Waals surface area contributed by atoms with E-state index in [0.717, 1.165) is 75.8 Å². The second-order valence-electron chi connectivity index (χ2n) is 21.2. The van der Waals surface area contributed by atoms with Crippen LogP contribution in [0.4, 0.5) is 0 Å². The van der Waals surface area contributed by atoms with Crippen LogP contribution in [-0.2, 0) is 20.1 Å². The van der Waals surface area contributed by atoms with Crippen molar-refractivity contribution < 1.29 is 27.0 Å². The number of fused-ring (bicyclic) bond motifs is 6. The molecule has 4 nitrogen and oxygen atoms in total. The smallest absolute Gasteiger partial charge is 0.0774 e. The first-order valence-corrected chi connectivity index (χ1v) is 27.6. The Hall–Kier alpha value is -7.73. The summed E-state index contributed by atoms with van der Waals surface area (Å²) in [4.78, 5) is 10.3. The molecule has 6 heteroatoms. The molecule has 0 aliphatic rings. The van der Waals surface area contributed by atoms with Crippen LogP contribution in [0.15, 0.2) is 206 Å². The molecule has 78 heavy (non-hydrogen) atoms. The molecule has 13 rings (SSSR count). The van der Waals surface area contributed by atoms with Gasteiger partial charge in [-0.25, -0.2) is 0 Å². The fourth-order valence-electron chi connectivity index (χ4n) is 11.0. The average Bonchev–Trinajstić information content (AvgIpc) is 2.18. The number of rotatable bonds is 10. The van der Waals surface area contributed by atoms with Crippen molar-refractivity contribution in [2.45, 2.75) is 79.1 Å². The van der Waals surface area contributed by atoms with Crippen LogP contribution in [-0.4, -0.2) is 19.1 Å². The number of para-hydroxylation sites is 5. The largest absolute Gasteiger partial charge is 0.333 e. The number of imidazole rings is 2. The Morgan fingerprint density at radius 3 is 1.67 bits per heavy atom. The predicted octanol–water partition coefficient (Wildman–Crippen LogP) is 20.3. The summed E-state index contributed by atoms with van der Waals surface area (Å²) in [5.41, 5.74) is 16.9. The van der Waals surface area contributed by atoms with E-state index < -0.39 is 6.04 Å². The Kier molecular flexibility index (Phi) is 13.1. The number of hydrogen-bond acceptors (Lipinski definition) is 3. The van der Waals surface area contributed by atoms with E-state index in [1.165, 1.54) is 44.8 Å². The van der Waals surface area contributed by atoms with E-state index in [0.29, 0.717) is 17.4 Å². The fourth-order valence-corrected chi connectivity index (χ4v) is 12.2. The minimum absolute atomic E-state index is 0. The number of benzene rings is 10. The van der Waals surface area contributed by atoms with E-state index in [2.05, 4.69) is 204 Å². The van der Waals surface area contributed by atoms with Crippen LogP contribution in [0.5, 0.6) is 0 Å². The van der Waals surface area contributed by atoms with Crippen molar-refractivity contribution in [1.29, 1.82) is 0 Å². The van der Waals surface area contributed by atoms with Gasteiger partial charge in [0.1, 0.15) is 0 Å². The Bertz CT molecular complexity index is 4510. The minimum atomic E-state index is -0.391. The third kappa shape index (κ3) is 9.61. The minimum Gasteiger partial charge on any atom is -0.333 e. The summed E-state index contributed by atoms with van der Waals surface area (Å²) < 4.78 is 48.4. The standard InChI is InChI=1S/C47H37N2S.C25H25N2.Ir/c1-29(2)39-26-36(32-16-9-6-10-17-32)27-40(30(3)4)45(39)49-43-21-12-11-20-42(43)48-47(49)38-19-13-18-37-41-25-34-23-22-33(31-14-7-5-8-15-31)24-35(34)28-44(41)50-46(37)38;1-17(2)20-13-10-14-21(18(3)4)24(20)27-23-16-9-8-15-22(23)26-25(27)19-11-6-5-7-12-19;/h5-18,20-30H,1-4H3;5-11,13-18H,1-4H3;/q2*-1;/i5D,7D,8D,14D,15D;;. The van der Waals surface area contributed by atoms with Crippen molar-refractivity contribution in [3.8, 4) is 56.4 Å². The molecule has 387 valence electrons. The number of nitrogens with zero attached hydrogens (tertiary/aromatic N) is 4. The fraction of sp³-hybridized carbons (Fsp3) is 0.167. The monoisotopic (exact) mass is 1210 g/mol. The van der Waals surface area contributed by atoms with Crippen molar-refractivity contribution in [2.24, 2.45) is 0 Å². The second-order valence-corrected chi connectivity index (χ2v) is 22.2. The van der Waals surface area contributed by atoms with E-state index in [9.17, 15) is 0 Å². The van der Waals surface area contributed by atoms with Crippen molar-refractivity contribution in [1.82, 2.24) is 19.1 Å². The summed E-state index contributed by atoms with van der Waals surface area (Å²) in [6, 6.07) is 66.6. The third-order valence-corrected chi connectivity index (χ3v) is 16.0. The molecule has 0 unspecified atom stereocenters. The summed E-state index contributed by atoms with van der Waals surface area (Å²) >= 11 is 1.70. The predicted molar refractivity (Wildman–Crippen MR) is 328 cm³/mol. The molecule has 0 saturated carbocycles. The normalized spacial score (nSPS) is 12.6. The van der Waals surface area contributed by atoms with E-state index in [4.69, 9.17) is 16.8 Å². The topological polar surface area (TPSA) is 35.6 Å². The summed E-state index contributed by atoms with van der Waals surface area (Å²) in [6.07, 6.45) is 0. The van der Waals surface area contributed by atoms with Gasteiger partial charge in [0.05, 0.1) is 40.6 Å². The van der Waals surface area contributed by atoms with Crippen molar-refractivity contribution >= 4 is 64.3 Å². The average molecular weight is 1210 g/mol. The molecule has 3 heterocycles. The molecule has 1 radical (unpaired) electrons. The van der Waals surface area contributed by atoms with Gasteiger partial charge >= 0.3 is 0 Å². The van der Waals surface area contributed by atoms with Crippen LogP contribution in [0, 0.1) is 12.1 Å². The van der Waals surface area contributed by atoms with Gasteiger partial charge in [-0.05, 0) is 144 Å². The van der Waals surface area contributed by atoms with Crippen molar-refractivity contribution in [3.05, 3.63) is 241 Å². The first-order valence-electron chi connectivity index (χ1n) is 29.3. The van der Waals surface area contributed by atoms with E-state index in [-0.39, 0.29) is 61.7 Å². The van der Waals surface area contributed by atoms with Gasteiger partial charge in [-0.15, -0.1) is 54.1 Å². The maximum atomic E-state index is 8.55. The molecule has 13 aromatic rings. The summed E-state index contributed by atoms with van der Waals surface area (Å²) in [5, 5.41) is 4.19. The molecule has 0 bridgehead atoms. The van der Waals surface area contributed by atoms with Gasteiger partial charge in [-0.3, -0.25) is 9.97 Å². The quantitative estimate of drug-likeness (QED) is 0.128. The Labute approximate surface area is 483 Å². The van der Waals surface area contributed by atoms with Gasteiger partial charge in [0.15, 0.2) is 0 Å². The molecular weight excluding hydrogens is 1150 g/mol. The van der Waals surface area contributed by atoms with Gasteiger partial charge < -0.3 is 9.13 Å². The molecule has 0 N–H and O–H groups in total. The van der Waals surface area contributed by atoms with Gasteiger partial charge in [0, 0.05) is 36.2 Å². The molecule has 0 fully saturated rings. The van der Waals surface area contributed by atoms with Crippen molar-refractivity contribution in [3.63, 3.8) is 0 Å². The van der Waals surface area contributed by atoms with Crippen LogP contribution in [0.2, 0.25) is 0 Å². The molecule has 3 aromatic heterocycles. The van der Waals surface area contributed by atoms with Crippen LogP contribution < -0.4 is 0 Å². The molecule has 0 amide bonds. The van der Waals surface area contributed by atoms with E-state index in [1.807, 2.05) is 48.5 Å². The first kappa shape index (κ1) is 46.4. The van der Waals surface area contributed by atoms with Gasteiger partial charge in [0.2, 0.25) is 0 Å². The van der Waals surface area contributed by atoms with E-state index in [1.54, 1.807) is 11.3 Å². The molecule has 10 aromatic carbocycles. The zero-order chi connectivity index (χ0) is 57.2. The van der Waals surface area contributed by atoms with Crippen LogP contribution in [0.1, 0.15) is 108 Å². The van der Waals surface area contributed by atoms with E-state index >= 15 is 0 Å². The zero-order valence-corrected chi connectivity index (χ0v) is 48.3. The molecular formula is C72H62IrN4S-2. The summed E-state index contributed by atoms with van der Waals surface area (Å²) in [7, 11) is 0. The molecule has 0 atom stereocenters. The zero-order valence-electron chi connectivity index (χ0n) is 50.1. The first-order chi connectivity index (χ1) is 39.6. The van der Waals surface area contributed by atoms with Crippen LogP contribution in [0.25, 0.3) is 109 Å². The molecule has 0 saturated heterocycles. The maximum Gasteiger partial charge on any atom is 0.0774 e. The van der Waals surface area contributed by atoms with Crippen molar-refractivity contribution in [2.75, 3.05) is 0 Å². The third-order valence-electron chi connectivity index (χ3n) is 14.8. The SMILES string of the molecule is CC(C)c1cccc(C(C)C)c1-n1c(-c2[c-]cccc2)nc2ccccc21.[2H]c1c([2H])c([2H])c(-c2ccc3cc4c(cc3c2)sc2c(-c3nc5ccccc5n3-c3c(C(C)C)cc(-c5ccccc5)cc3C(C)C)[c-]ccc24)c([2H])c1[2H].[Ir]. The summed E-state index contributed by atoms with van der Waals surface area (Å²) in [5.74, 6) is 3.14. The molecule has 0 aliphatic heterocycles. The van der Waals surface area contributed by atoms with Crippen LogP contribution >= 0.6 is 11.3 Å². The Morgan fingerprint density at radius 1 is 0.449 bits per heavy atom.